The molecule has 1 aromatic rings. The highest BCUT2D eigenvalue weighted by Crippen LogP contribution is 2.35. The SMILES string of the molecule is Cc1ccc([C@H](C2CCOCC2)N2CCNCC2)cc1F.Cl.Cl. The maximum absolute atomic E-state index is 14.0. The van der Waals surface area contributed by atoms with E-state index in [1.165, 1.54) is 0 Å². The monoisotopic (exact) mass is 364 g/mol. The molecule has 1 aromatic carbocycles. The van der Waals surface area contributed by atoms with Gasteiger partial charge in [-0.1, -0.05) is 12.1 Å². The fraction of sp³-hybridized carbons (Fsp3) is 0.647. The van der Waals surface area contributed by atoms with Crippen molar-refractivity contribution in [1.29, 1.82) is 0 Å². The lowest BCUT2D eigenvalue weighted by atomic mass is 9.85. The third kappa shape index (κ3) is 5.04. The molecule has 0 unspecified atom stereocenters. The lowest BCUT2D eigenvalue weighted by Crippen LogP contribution is -2.47. The van der Waals surface area contributed by atoms with Gasteiger partial charge in [-0.15, -0.1) is 24.8 Å². The summed E-state index contributed by atoms with van der Waals surface area (Å²) in [5.41, 5.74) is 1.86. The number of hydrogen-bond acceptors (Lipinski definition) is 3. The van der Waals surface area contributed by atoms with Gasteiger partial charge < -0.3 is 10.1 Å². The number of aryl methyl sites for hydroxylation is 1. The number of nitrogens with one attached hydrogen (secondary N) is 1. The quantitative estimate of drug-likeness (QED) is 0.889. The first kappa shape index (κ1) is 20.7. The third-order valence-electron chi connectivity index (χ3n) is 4.79. The van der Waals surface area contributed by atoms with Crippen molar-refractivity contribution in [2.75, 3.05) is 39.4 Å². The predicted octanol–water partition coefficient (Wildman–Crippen LogP) is 3.35. The Kier molecular flexibility index (Phi) is 8.80. The largest absolute Gasteiger partial charge is 0.381 e. The molecule has 0 saturated carbocycles. The predicted molar refractivity (Wildman–Crippen MR) is 96.4 cm³/mol. The van der Waals surface area contributed by atoms with Crippen LogP contribution in [0.2, 0.25) is 0 Å². The zero-order valence-electron chi connectivity index (χ0n) is 13.6. The zero-order valence-corrected chi connectivity index (χ0v) is 15.2. The number of nitrogens with zero attached hydrogens (tertiary/aromatic N) is 1. The molecule has 3 nitrogen and oxygen atoms in total. The van der Waals surface area contributed by atoms with Crippen molar-refractivity contribution >= 4 is 24.8 Å². The molecule has 0 bridgehead atoms. The second kappa shape index (κ2) is 9.80. The van der Waals surface area contributed by atoms with Gasteiger partial charge in [0.05, 0.1) is 0 Å². The molecule has 0 aliphatic carbocycles. The van der Waals surface area contributed by atoms with Gasteiger partial charge in [0.25, 0.3) is 0 Å². The second-order valence-corrected chi connectivity index (χ2v) is 6.19. The molecule has 0 radical (unpaired) electrons. The fourth-order valence-electron chi connectivity index (χ4n) is 3.57. The van der Waals surface area contributed by atoms with E-state index in [4.69, 9.17) is 4.74 Å². The lowest BCUT2D eigenvalue weighted by molar-refractivity contribution is 0.0212. The molecule has 6 heteroatoms. The standard InChI is InChI=1S/C17H25FN2O.2ClH/c1-13-2-3-15(12-16(13)18)17(14-4-10-21-11-5-14)20-8-6-19-7-9-20;;/h2-3,12,14,17,19H,4-11H2,1H3;2*1H/t17-;;/m0../s1. The smallest absolute Gasteiger partial charge is 0.126 e. The maximum atomic E-state index is 14.0. The van der Waals surface area contributed by atoms with Crippen molar-refractivity contribution in [3.8, 4) is 0 Å². The maximum Gasteiger partial charge on any atom is 0.126 e. The summed E-state index contributed by atoms with van der Waals surface area (Å²) in [7, 11) is 0. The Labute approximate surface area is 150 Å². The summed E-state index contributed by atoms with van der Waals surface area (Å²) >= 11 is 0. The van der Waals surface area contributed by atoms with Crippen LogP contribution in [0.5, 0.6) is 0 Å². The Morgan fingerprint density at radius 1 is 1.17 bits per heavy atom. The van der Waals surface area contributed by atoms with Crippen molar-refractivity contribution in [1.82, 2.24) is 10.2 Å². The van der Waals surface area contributed by atoms with Gasteiger partial charge in [-0.25, -0.2) is 4.39 Å². The number of piperazine rings is 1. The normalized spacial score (nSPS) is 21.1. The number of ether oxygens (including phenoxy) is 1. The van der Waals surface area contributed by atoms with Gasteiger partial charge >= 0.3 is 0 Å². The highest BCUT2D eigenvalue weighted by molar-refractivity contribution is 5.85. The van der Waals surface area contributed by atoms with Crippen molar-refractivity contribution in [3.63, 3.8) is 0 Å². The highest BCUT2D eigenvalue weighted by Gasteiger charge is 2.31. The van der Waals surface area contributed by atoms with Crippen LogP contribution in [0.1, 0.15) is 30.0 Å². The first-order chi connectivity index (χ1) is 10.3. The van der Waals surface area contributed by atoms with Crippen LogP contribution in [0.4, 0.5) is 4.39 Å². The summed E-state index contributed by atoms with van der Waals surface area (Å²) < 4.78 is 19.5. The Morgan fingerprint density at radius 3 is 2.43 bits per heavy atom. The van der Waals surface area contributed by atoms with Gasteiger partial charge in [-0.2, -0.15) is 0 Å². The number of halogens is 3. The van der Waals surface area contributed by atoms with Crippen molar-refractivity contribution in [2.45, 2.75) is 25.8 Å². The molecule has 2 saturated heterocycles. The van der Waals surface area contributed by atoms with Gasteiger partial charge in [0.2, 0.25) is 0 Å². The van der Waals surface area contributed by atoms with Crippen LogP contribution in [0.3, 0.4) is 0 Å². The third-order valence-corrected chi connectivity index (χ3v) is 4.79. The molecule has 1 atom stereocenters. The van der Waals surface area contributed by atoms with Crippen LogP contribution in [0.15, 0.2) is 18.2 Å². The number of benzene rings is 1. The lowest BCUT2D eigenvalue weighted by Gasteiger charge is -2.41. The zero-order chi connectivity index (χ0) is 14.7. The van der Waals surface area contributed by atoms with E-state index in [0.29, 0.717) is 12.0 Å². The topological polar surface area (TPSA) is 24.5 Å². The molecule has 2 fully saturated rings. The van der Waals surface area contributed by atoms with E-state index in [9.17, 15) is 4.39 Å². The van der Waals surface area contributed by atoms with Gasteiger partial charge in [0.15, 0.2) is 0 Å². The molecule has 0 aromatic heterocycles. The van der Waals surface area contributed by atoms with E-state index in [1.807, 2.05) is 13.0 Å². The Balaban J connectivity index is 0.00000132. The van der Waals surface area contributed by atoms with Gasteiger partial charge in [0.1, 0.15) is 5.82 Å². The molecule has 132 valence electrons. The van der Waals surface area contributed by atoms with Crippen LogP contribution < -0.4 is 5.32 Å². The summed E-state index contributed by atoms with van der Waals surface area (Å²) in [6.45, 7) is 7.62. The summed E-state index contributed by atoms with van der Waals surface area (Å²) in [6, 6.07) is 6.10. The van der Waals surface area contributed by atoms with Crippen LogP contribution >= 0.6 is 24.8 Å². The molecule has 2 heterocycles. The summed E-state index contributed by atoms with van der Waals surface area (Å²) in [4.78, 5) is 2.52. The molecule has 0 amide bonds. The minimum atomic E-state index is -0.0836. The average molecular weight is 365 g/mol. The fourth-order valence-corrected chi connectivity index (χ4v) is 3.57. The van der Waals surface area contributed by atoms with E-state index >= 15 is 0 Å². The van der Waals surface area contributed by atoms with Gasteiger partial charge in [-0.3, -0.25) is 4.90 Å². The Bertz CT molecular complexity index is 460. The molecule has 2 aliphatic heterocycles. The Morgan fingerprint density at radius 2 is 1.83 bits per heavy atom. The van der Waals surface area contributed by atoms with Crippen molar-refractivity contribution in [3.05, 3.63) is 35.1 Å². The molecular weight excluding hydrogens is 338 g/mol. The van der Waals surface area contributed by atoms with Gasteiger partial charge in [0, 0.05) is 45.4 Å². The number of hydrogen-bond donors (Lipinski definition) is 1. The summed E-state index contributed by atoms with van der Waals surface area (Å²) in [6.07, 6.45) is 2.15. The first-order valence-corrected chi connectivity index (χ1v) is 8.04. The van der Waals surface area contributed by atoms with Crippen LogP contribution in [0.25, 0.3) is 0 Å². The molecular formula is C17H27Cl2FN2O. The van der Waals surface area contributed by atoms with E-state index in [1.54, 1.807) is 6.07 Å². The van der Waals surface area contributed by atoms with Crippen LogP contribution in [0, 0.1) is 18.7 Å². The van der Waals surface area contributed by atoms with E-state index in [0.717, 1.165) is 63.4 Å². The van der Waals surface area contributed by atoms with E-state index < -0.39 is 0 Å². The summed E-state index contributed by atoms with van der Waals surface area (Å²) in [5, 5.41) is 3.40. The highest BCUT2D eigenvalue weighted by atomic mass is 35.5. The molecule has 23 heavy (non-hydrogen) atoms. The Hall–Kier alpha value is -0.390. The van der Waals surface area contributed by atoms with E-state index in [-0.39, 0.29) is 30.6 Å². The molecule has 1 N–H and O–H groups in total. The average Bonchev–Trinajstić information content (AvgIpc) is 2.53. The van der Waals surface area contributed by atoms with E-state index in [2.05, 4.69) is 16.3 Å². The first-order valence-electron chi connectivity index (χ1n) is 8.04. The second-order valence-electron chi connectivity index (χ2n) is 6.19. The minimum Gasteiger partial charge on any atom is -0.381 e. The van der Waals surface area contributed by atoms with Crippen molar-refractivity contribution < 1.29 is 9.13 Å². The number of rotatable bonds is 3. The van der Waals surface area contributed by atoms with Crippen LogP contribution in [-0.4, -0.2) is 44.3 Å². The molecule has 3 rings (SSSR count). The summed E-state index contributed by atoms with van der Waals surface area (Å²) in [5.74, 6) is 0.485. The van der Waals surface area contributed by atoms with Crippen molar-refractivity contribution in [2.24, 2.45) is 5.92 Å². The van der Waals surface area contributed by atoms with Gasteiger partial charge in [-0.05, 0) is 42.9 Å². The molecule has 0 spiro atoms. The van der Waals surface area contributed by atoms with Crippen LogP contribution in [-0.2, 0) is 4.74 Å². The minimum absolute atomic E-state index is 0. The molecule has 2 aliphatic rings.